The molecule has 1 rings (SSSR count). The van der Waals surface area contributed by atoms with Gasteiger partial charge in [-0.15, -0.1) is 0 Å². The third-order valence-electron chi connectivity index (χ3n) is 2.68. The van der Waals surface area contributed by atoms with E-state index in [1.54, 1.807) is 0 Å². The smallest absolute Gasteiger partial charge is 0.323 e. The Bertz CT molecular complexity index is 383. The predicted molar refractivity (Wildman–Crippen MR) is 72.8 cm³/mol. The maximum atomic E-state index is 5.70. The van der Waals surface area contributed by atoms with Crippen molar-refractivity contribution in [3.8, 4) is 6.01 Å². The van der Waals surface area contributed by atoms with Gasteiger partial charge in [0.1, 0.15) is 0 Å². The van der Waals surface area contributed by atoms with Gasteiger partial charge in [0.25, 0.3) is 0 Å². The van der Waals surface area contributed by atoms with Crippen molar-refractivity contribution in [1.82, 2.24) is 15.0 Å². The summed E-state index contributed by atoms with van der Waals surface area (Å²) in [6.45, 7) is 11.0. The summed E-state index contributed by atoms with van der Waals surface area (Å²) >= 11 is 0. The molecule has 0 saturated heterocycles. The predicted octanol–water partition coefficient (Wildman–Crippen LogP) is 1.87. The number of anilines is 2. The van der Waals surface area contributed by atoms with E-state index in [0.717, 1.165) is 13.0 Å². The molecule has 0 fully saturated rings. The second-order valence-corrected chi connectivity index (χ2v) is 4.49. The molecular weight excluding hydrogens is 230 g/mol. The zero-order chi connectivity index (χ0) is 13.7. The van der Waals surface area contributed by atoms with Crippen LogP contribution in [0.2, 0.25) is 0 Å². The van der Waals surface area contributed by atoms with Gasteiger partial charge in [0.05, 0.1) is 6.10 Å². The average molecular weight is 253 g/mol. The van der Waals surface area contributed by atoms with E-state index in [-0.39, 0.29) is 18.1 Å². The molecule has 0 aliphatic carbocycles. The molecule has 0 saturated carbocycles. The second-order valence-electron chi connectivity index (χ2n) is 4.49. The van der Waals surface area contributed by atoms with E-state index in [1.165, 1.54) is 0 Å². The van der Waals surface area contributed by atoms with Gasteiger partial charge in [0.15, 0.2) is 0 Å². The van der Waals surface area contributed by atoms with E-state index in [4.69, 9.17) is 10.5 Å². The first kappa shape index (κ1) is 14.5. The van der Waals surface area contributed by atoms with Crippen molar-refractivity contribution in [1.29, 1.82) is 0 Å². The standard InChI is InChI=1S/C12H23N5O/c1-6-9(5)17(7-2)11-14-10(13)15-12(16-11)18-8(3)4/h8-9H,6-7H2,1-5H3,(H2,13,14,15,16). The Morgan fingerprint density at radius 2 is 1.83 bits per heavy atom. The van der Waals surface area contributed by atoms with Crippen LogP contribution in [0.5, 0.6) is 6.01 Å². The Labute approximate surface area is 109 Å². The molecular formula is C12H23N5O. The number of hydrogen-bond acceptors (Lipinski definition) is 6. The van der Waals surface area contributed by atoms with Gasteiger partial charge in [-0.2, -0.15) is 15.0 Å². The van der Waals surface area contributed by atoms with Crippen molar-refractivity contribution in [3.63, 3.8) is 0 Å². The molecule has 0 aliphatic heterocycles. The minimum absolute atomic E-state index is 0.0123. The highest BCUT2D eigenvalue weighted by molar-refractivity contribution is 5.36. The number of nitrogens with zero attached hydrogens (tertiary/aromatic N) is 4. The average Bonchev–Trinajstić information content (AvgIpc) is 2.28. The first-order valence-electron chi connectivity index (χ1n) is 6.42. The van der Waals surface area contributed by atoms with Gasteiger partial charge in [0, 0.05) is 12.6 Å². The van der Waals surface area contributed by atoms with Crippen molar-refractivity contribution in [2.75, 3.05) is 17.2 Å². The fraction of sp³-hybridized carbons (Fsp3) is 0.750. The maximum Gasteiger partial charge on any atom is 0.323 e. The molecule has 102 valence electrons. The number of aromatic nitrogens is 3. The lowest BCUT2D eigenvalue weighted by Gasteiger charge is -2.27. The fourth-order valence-corrected chi connectivity index (χ4v) is 1.62. The number of hydrogen-bond donors (Lipinski definition) is 1. The number of nitrogens with two attached hydrogens (primary N) is 1. The Hall–Kier alpha value is -1.59. The van der Waals surface area contributed by atoms with Crippen LogP contribution in [0.1, 0.15) is 41.0 Å². The molecule has 6 heteroatoms. The Morgan fingerprint density at radius 1 is 1.17 bits per heavy atom. The molecule has 1 atom stereocenters. The van der Waals surface area contributed by atoms with Crippen LogP contribution in [-0.2, 0) is 0 Å². The minimum atomic E-state index is 0.0123. The first-order chi connectivity index (χ1) is 8.47. The maximum absolute atomic E-state index is 5.70. The van der Waals surface area contributed by atoms with E-state index >= 15 is 0 Å². The van der Waals surface area contributed by atoms with Crippen LogP contribution in [0.4, 0.5) is 11.9 Å². The fourth-order valence-electron chi connectivity index (χ4n) is 1.62. The van der Waals surface area contributed by atoms with Gasteiger partial charge in [-0.25, -0.2) is 0 Å². The summed E-state index contributed by atoms with van der Waals surface area (Å²) in [4.78, 5) is 14.6. The van der Waals surface area contributed by atoms with E-state index in [0.29, 0.717) is 12.0 Å². The largest absolute Gasteiger partial charge is 0.461 e. The molecule has 0 aliphatic rings. The van der Waals surface area contributed by atoms with Crippen molar-refractivity contribution in [2.24, 2.45) is 0 Å². The second kappa shape index (κ2) is 6.37. The highest BCUT2D eigenvalue weighted by atomic mass is 16.5. The first-order valence-corrected chi connectivity index (χ1v) is 6.42. The van der Waals surface area contributed by atoms with Gasteiger partial charge < -0.3 is 15.4 Å². The third-order valence-corrected chi connectivity index (χ3v) is 2.68. The lowest BCUT2D eigenvalue weighted by Crippen LogP contribution is -2.34. The lowest BCUT2D eigenvalue weighted by molar-refractivity contribution is 0.222. The van der Waals surface area contributed by atoms with Crippen LogP contribution in [0.25, 0.3) is 0 Å². The molecule has 0 bridgehead atoms. The highest BCUT2D eigenvalue weighted by Crippen LogP contribution is 2.17. The SMILES string of the molecule is CCC(C)N(CC)c1nc(N)nc(OC(C)C)n1. The van der Waals surface area contributed by atoms with Crippen molar-refractivity contribution in [3.05, 3.63) is 0 Å². The zero-order valence-electron chi connectivity index (χ0n) is 11.8. The minimum Gasteiger partial charge on any atom is -0.461 e. The molecule has 0 spiro atoms. The van der Waals surface area contributed by atoms with Gasteiger partial charge in [-0.3, -0.25) is 0 Å². The van der Waals surface area contributed by atoms with E-state index in [9.17, 15) is 0 Å². The molecule has 1 aromatic heterocycles. The number of nitrogen functional groups attached to an aromatic ring is 1. The van der Waals surface area contributed by atoms with Crippen LogP contribution in [0, 0.1) is 0 Å². The summed E-state index contributed by atoms with van der Waals surface area (Å²) in [6.07, 6.45) is 1.03. The summed E-state index contributed by atoms with van der Waals surface area (Å²) < 4.78 is 5.47. The van der Waals surface area contributed by atoms with Crippen molar-refractivity contribution in [2.45, 2.75) is 53.2 Å². The quantitative estimate of drug-likeness (QED) is 0.834. The summed E-state index contributed by atoms with van der Waals surface area (Å²) in [5.41, 5.74) is 5.70. The van der Waals surface area contributed by atoms with Crippen molar-refractivity contribution >= 4 is 11.9 Å². The zero-order valence-corrected chi connectivity index (χ0v) is 11.8. The summed E-state index contributed by atoms with van der Waals surface area (Å²) in [6, 6.07) is 0.637. The Morgan fingerprint density at radius 3 is 2.33 bits per heavy atom. The molecule has 18 heavy (non-hydrogen) atoms. The van der Waals surface area contributed by atoms with Gasteiger partial charge >= 0.3 is 6.01 Å². The van der Waals surface area contributed by atoms with E-state index < -0.39 is 0 Å². The number of rotatable bonds is 6. The van der Waals surface area contributed by atoms with Crippen LogP contribution in [0.15, 0.2) is 0 Å². The Balaban J connectivity index is 3.03. The summed E-state index contributed by atoms with van der Waals surface area (Å²) in [5.74, 6) is 0.771. The normalized spacial score (nSPS) is 12.6. The van der Waals surface area contributed by atoms with Gasteiger partial charge in [-0.1, -0.05) is 6.92 Å². The molecule has 1 heterocycles. The highest BCUT2D eigenvalue weighted by Gasteiger charge is 2.16. The van der Waals surface area contributed by atoms with Crippen molar-refractivity contribution < 1.29 is 4.74 Å². The molecule has 2 N–H and O–H groups in total. The third kappa shape index (κ3) is 3.72. The van der Waals surface area contributed by atoms with Crippen LogP contribution in [0.3, 0.4) is 0 Å². The van der Waals surface area contributed by atoms with Gasteiger partial charge in [-0.05, 0) is 34.1 Å². The lowest BCUT2D eigenvalue weighted by atomic mass is 10.2. The van der Waals surface area contributed by atoms with Crippen LogP contribution >= 0.6 is 0 Å². The Kier molecular flexibility index (Phi) is 5.12. The van der Waals surface area contributed by atoms with E-state index in [2.05, 4.69) is 40.6 Å². The van der Waals surface area contributed by atoms with Crippen LogP contribution < -0.4 is 15.4 Å². The molecule has 6 nitrogen and oxygen atoms in total. The van der Waals surface area contributed by atoms with Crippen LogP contribution in [-0.4, -0.2) is 33.6 Å². The topological polar surface area (TPSA) is 77.2 Å². The molecule has 1 unspecified atom stereocenters. The molecule has 1 aromatic rings. The summed E-state index contributed by atoms with van der Waals surface area (Å²) in [5, 5.41) is 0. The number of ether oxygens (including phenoxy) is 1. The summed E-state index contributed by atoms with van der Waals surface area (Å²) in [7, 11) is 0. The van der Waals surface area contributed by atoms with Gasteiger partial charge in [0.2, 0.25) is 11.9 Å². The monoisotopic (exact) mass is 253 g/mol. The molecule has 0 aromatic carbocycles. The molecule has 0 amide bonds. The molecule has 0 radical (unpaired) electrons. The van der Waals surface area contributed by atoms with E-state index in [1.807, 2.05) is 13.8 Å².